The molecule has 1 unspecified atom stereocenters. The van der Waals surface area contributed by atoms with Gasteiger partial charge >= 0.3 is 0 Å². The second kappa shape index (κ2) is 6.18. The normalized spacial score (nSPS) is 18.1. The van der Waals surface area contributed by atoms with Crippen LogP contribution in [0.2, 0.25) is 0 Å². The highest BCUT2D eigenvalue weighted by molar-refractivity contribution is 7.90. The summed E-state index contributed by atoms with van der Waals surface area (Å²) in [4.78, 5) is 6.04. The fourth-order valence-electron chi connectivity index (χ4n) is 2.71. The lowest BCUT2D eigenvalue weighted by molar-refractivity contribution is 0.161. The number of benzene rings is 2. The monoisotopic (exact) mass is 329 g/mol. The molecule has 0 bridgehead atoms. The van der Waals surface area contributed by atoms with Gasteiger partial charge in [-0.1, -0.05) is 49.4 Å². The summed E-state index contributed by atoms with van der Waals surface area (Å²) in [6.07, 6.45) is 2.09. The van der Waals surface area contributed by atoms with Crippen LogP contribution in [0.5, 0.6) is 0 Å². The minimum Gasteiger partial charge on any atom is -0.407 e. The van der Waals surface area contributed by atoms with Gasteiger partial charge in [0.2, 0.25) is 0 Å². The summed E-state index contributed by atoms with van der Waals surface area (Å²) in [6.45, 7) is 2.08. The molecule has 1 N–H and O–H groups in total. The van der Waals surface area contributed by atoms with E-state index in [-0.39, 0.29) is 6.04 Å². The van der Waals surface area contributed by atoms with Crippen molar-refractivity contribution < 1.29 is 13.3 Å². The molecule has 3 rings (SSSR count). The van der Waals surface area contributed by atoms with Gasteiger partial charge in [0, 0.05) is 17.4 Å². The van der Waals surface area contributed by atoms with E-state index >= 15 is 0 Å². The first-order valence-electron chi connectivity index (χ1n) is 7.53. The highest BCUT2D eigenvalue weighted by atomic mass is 32.2. The van der Waals surface area contributed by atoms with Crippen LogP contribution in [0, 0.1) is 0 Å². The Morgan fingerprint density at radius 3 is 2.22 bits per heavy atom. The number of hydroxylamine groups is 1. The molecule has 5 heteroatoms. The van der Waals surface area contributed by atoms with Crippen molar-refractivity contribution in [3.05, 3.63) is 65.7 Å². The van der Waals surface area contributed by atoms with Crippen LogP contribution in [0.4, 0.5) is 0 Å². The van der Waals surface area contributed by atoms with Crippen LogP contribution in [0.25, 0.3) is 11.3 Å². The smallest absolute Gasteiger partial charge is 0.175 e. The van der Waals surface area contributed by atoms with Crippen LogP contribution in [-0.2, 0) is 14.7 Å². The molecule has 0 fully saturated rings. The van der Waals surface area contributed by atoms with Crippen molar-refractivity contribution in [2.75, 3.05) is 6.26 Å². The van der Waals surface area contributed by atoms with Gasteiger partial charge in [0.15, 0.2) is 15.6 Å². The van der Waals surface area contributed by atoms with E-state index in [0.29, 0.717) is 4.90 Å². The number of rotatable bonds is 4. The minimum atomic E-state index is -3.19. The zero-order valence-electron chi connectivity index (χ0n) is 13.1. The molecule has 0 saturated carbocycles. The molecule has 1 heterocycles. The fraction of sp³-hybridized carbons (Fsp3) is 0.222. The highest BCUT2D eigenvalue weighted by Gasteiger charge is 2.28. The van der Waals surface area contributed by atoms with E-state index in [2.05, 4.69) is 12.4 Å². The summed E-state index contributed by atoms with van der Waals surface area (Å²) in [5.41, 5.74) is 6.07. The van der Waals surface area contributed by atoms with Gasteiger partial charge in [-0.15, -0.1) is 5.48 Å². The number of hydrogen-bond acceptors (Lipinski definition) is 4. The van der Waals surface area contributed by atoms with Gasteiger partial charge in [-0.25, -0.2) is 8.42 Å². The molecule has 0 amide bonds. The van der Waals surface area contributed by atoms with Gasteiger partial charge in [-0.05, 0) is 24.1 Å². The molecule has 23 heavy (non-hydrogen) atoms. The first-order chi connectivity index (χ1) is 11.0. The Hall–Kier alpha value is -2.11. The Balaban J connectivity index is 2.09. The van der Waals surface area contributed by atoms with Crippen molar-refractivity contribution in [3.8, 4) is 0 Å². The highest BCUT2D eigenvalue weighted by Crippen LogP contribution is 2.35. The van der Waals surface area contributed by atoms with Crippen LogP contribution in [0.3, 0.4) is 0 Å². The summed E-state index contributed by atoms with van der Waals surface area (Å²) < 4.78 is 23.2. The van der Waals surface area contributed by atoms with Crippen molar-refractivity contribution >= 4 is 21.2 Å². The molecular formula is C18H19NO3S. The summed E-state index contributed by atoms with van der Waals surface area (Å²) in [6, 6.07) is 16.9. The maximum Gasteiger partial charge on any atom is 0.175 e. The molecule has 120 valence electrons. The van der Waals surface area contributed by atoms with Gasteiger partial charge < -0.3 is 4.84 Å². The Bertz CT molecular complexity index is 824. The molecule has 1 aliphatic rings. The van der Waals surface area contributed by atoms with Gasteiger partial charge in [0.05, 0.1) is 10.9 Å². The first kappa shape index (κ1) is 15.8. The van der Waals surface area contributed by atoms with E-state index in [1.165, 1.54) is 6.26 Å². The second-order valence-electron chi connectivity index (χ2n) is 5.59. The molecular weight excluding hydrogens is 310 g/mol. The first-order valence-corrected chi connectivity index (χ1v) is 9.42. The largest absolute Gasteiger partial charge is 0.407 e. The Labute approximate surface area is 136 Å². The Morgan fingerprint density at radius 1 is 1.00 bits per heavy atom. The molecule has 1 aliphatic heterocycles. The summed E-state index contributed by atoms with van der Waals surface area (Å²) >= 11 is 0. The van der Waals surface area contributed by atoms with Crippen LogP contribution in [0.1, 0.15) is 24.5 Å². The van der Waals surface area contributed by atoms with E-state index < -0.39 is 9.84 Å². The maximum absolute atomic E-state index is 11.6. The zero-order chi connectivity index (χ0) is 16.4. The second-order valence-corrected chi connectivity index (χ2v) is 7.60. The van der Waals surface area contributed by atoms with E-state index in [9.17, 15) is 8.42 Å². The van der Waals surface area contributed by atoms with E-state index in [1.807, 2.05) is 42.5 Å². The average molecular weight is 329 g/mol. The van der Waals surface area contributed by atoms with Gasteiger partial charge in [-0.2, -0.15) is 0 Å². The predicted molar refractivity (Wildman–Crippen MR) is 91.1 cm³/mol. The third kappa shape index (κ3) is 3.16. The molecule has 4 nitrogen and oxygen atoms in total. The molecule has 1 atom stereocenters. The van der Waals surface area contributed by atoms with E-state index in [0.717, 1.165) is 28.9 Å². The lowest BCUT2D eigenvalue weighted by Crippen LogP contribution is -2.22. The molecule has 0 aliphatic carbocycles. The number of sulfone groups is 1. The van der Waals surface area contributed by atoms with Crippen molar-refractivity contribution in [1.82, 2.24) is 5.48 Å². The van der Waals surface area contributed by atoms with Crippen LogP contribution >= 0.6 is 0 Å². The molecule has 0 spiro atoms. The van der Waals surface area contributed by atoms with Gasteiger partial charge in [0.1, 0.15) is 0 Å². The number of nitrogens with one attached hydrogen (secondary N) is 1. The molecule has 0 aromatic heterocycles. The predicted octanol–water partition coefficient (Wildman–Crippen LogP) is 3.27. The van der Waals surface area contributed by atoms with E-state index in [1.54, 1.807) is 12.1 Å². The Morgan fingerprint density at radius 2 is 1.65 bits per heavy atom. The standard InChI is InChI=1S/C18H19NO3S/c1-3-16-17(13-9-11-15(12-10-13)23(2,20)21)18(22-19-16)14-7-5-4-6-8-14/h4-12,16,19H,3H2,1-2H3. The van der Waals surface area contributed by atoms with Crippen molar-refractivity contribution in [2.45, 2.75) is 24.3 Å². The summed E-state index contributed by atoms with van der Waals surface area (Å²) in [7, 11) is -3.19. The maximum atomic E-state index is 11.6. The van der Waals surface area contributed by atoms with Crippen LogP contribution < -0.4 is 5.48 Å². The molecule has 2 aromatic carbocycles. The van der Waals surface area contributed by atoms with E-state index in [4.69, 9.17) is 4.84 Å². The van der Waals surface area contributed by atoms with Crippen molar-refractivity contribution in [1.29, 1.82) is 0 Å². The van der Waals surface area contributed by atoms with Gasteiger partial charge in [-0.3, -0.25) is 0 Å². The number of hydrogen-bond donors (Lipinski definition) is 1. The molecule has 2 aromatic rings. The quantitative estimate of drug-likeness (QED) is 0.935. The third-order valence-electron chi connectivity index (χ3n) is 3.93. The summed E-state index contributed by atoms with van der Waals surface area (Å²) in [5.74, 6) is 0.796. The van der Waals surface area contributed by atoms with Crippen molar-refractivity contribution in [3.63, 3.8) is 0 Å². The topological polar surface area (TPSA) is 55.4 Å². The Kier molecular flexibility index (Phi) is 4.24. The lowest BCUT2D eigenvalue weighted by atomic mass is 9.94. The third-order valence-corrected chi connectivity index (χ3v) is 5.06. The summed E-state index contributed by atoms with van der Waals surface area (Å²) in [5, 5.41) is 0. The van der Waals surface area contributed by atoms with Gasteiger partial charge in [0.25, 0.3) is 0 Å². The fourth-order valence-corrected chi connectivity index (χ4v) is 3.34. The molecule has 0 saturated heterocycles. The zero-order valence-corrected chi connectivity index (χ0v) is 13.9. The van der Waals surface area contributed by atoms with Crippen LogP contribution in [-0.4, -0.2) is 20.7 Å². The SMILES string of the molecule is CCC1NOC(c2ccccc2)=C1c1ccc(S(C)(=O)=O)cc1. The lowest BCUT2D eigenvalue weighted by Gasteiger charge is -2.11. The average Bonchev–Trinajstić information content (AvgIpc) is 2.99. The van der Waals surface area contributed by atoms with Crippen LogP contribution in [0.15, 0.2) is 59.5 Å². The van der Waals surface area contributed by atoms with Crippen molar-refractivity contribution in [2.24, 2.45) is 0 Å². The minimum absolute atomic E-state index is 0.0780. The molecule has 0 radical (unpaired) electrons.